The number of alkyl halides is 3. The second-order valence-corrected chi connectivity index (χ2v) is 5.86. The number of benzene rings is 1. The molecule has 0 saturated carbocycles. The average molecular weight is 357 g/mol. The summed E-state index contributed by atoms with van der Waals surface area (Å²) in [5.74, 6) is -1.40. The van der Waals surface area contributed by atoms with Gasteiger partial charge in [0.25, 0.3) is 5.91 Å². The summed E-state index contributed by atoms with van der Waals surface area (Å²) < 4.78 is 43.2. The lowest BCUT2D eigenvalue weighted by atomic mass is 10.1. The van der Waals surface area contributed by atoms with E-state index in [9.17, 15) is 22.8 Å². The van der Waals surface area contributed by atoms with Crippen molar-refractivity contribution in [2.45, 2.75) is 19.0 Å². The molecule has 0 aliphatic heterocycles. The molecule has 128 valence electrons. The lowest BCUT2D eigenvalue weighted by Crippen LogP contribution is -2.22. The number of thiophene rings is 1. The zero-order chi connectivity index (χ0) is 17.6. The topological polar surface area (TPSA) is 55.4 Å². The maximum Gasteiger partial charge on any atom is 0.418 e. The molecule has 0 bridgehead atoms. The second-order valence-electron chi connectivity index (χ2n) is 4.83. The van der Waals surface area contributed by atoms with Crippen molar-refractivity contribution in [2.75, 3.05) is 11.9 Å². The first-order valence-electron chi connectivity index (χ1n) is 7.00. The first-order chi connectivity index (χ1) is 11.4. The fourth-order valence-electron chi connectivity index (χ4n) is 1.92. The van der Waals surface area contributed by atoms with E-state index in [-0.39, 0.29) is 12.1 Å². The van der Waals surface area contributed by atoms with E-state index in [0.29, 0.717) is 6.42 Å². The van der Waals surface area contributed by atoms with E-state index in [1.807, 2.05) is 17.5 Å². The molecular weight excluding hydrogens is 343 g/mol. The van der Waals surface area contributed by atoms with Crippen LogP contribution in [0.25, 0.3) is 0 Å². The van der Waals surface area contributed by atoms with Gasteiger partial charge in [-0.25, -0.2) is 0 Å². The number of ether oxygens (including phenoxy) is 1. The van der Waals surface area contributed by atoms with Crippen LogP contribution >= 0.6 is 11.3 Å². The summed E-state index contributed by atoms with van der Waals surface area (Å²) in [6.07, 6.45) is -3.98. The molecule has 2 rings (SSSR count). The molecular formula is C16H14F3NO3S. The van der Waals surface area contributed by atoms with Crippen molar-refractivity contribution in [2.24, 2.45) is 0 Å². The van der Waals surface area contributed by atoms with Gasteiger partial charge < -0.3 is 10.1 Å². The second kappa shape index (κ2) is 7.96. The Morgan fingerprint density at radius 2 is 1.88 bits per heavy atom. The van der Waals surface area contributed by atoms with Crippen molar-refractivity contribution in [3.05, 3.63) is 52.2 Å². The highest BCUT2D eigenvalue weighted by molar-refractivity contribution is 7.09. The van der Waals surface area contributed by atoms with E-state index in [1.165, 1.54) is 23.5 Å². The number of esters is 1. The average Bonchev–Trinajstić information content (AvgIpc) is 3.04. The number of amides is 1. The zero-order valence-electron chi connectivity index (χ0n) is 12.4. The molecule has 0 fully saturated rings. The molecule has 0 atom stereocenters. The van der Waals surface area contributed by atoms with Gasteiger partial charge in [0.05, 0.1) is 17.7 Å². The quantitative estimate of drug-likeness (QED) is 0.798. The molecule has 2 aromatic rings. The van der Waals surface area contributed by atoms with Crippen LogP contribution in [0.5, 0.6) is 0 Å². The van der Waals surface area contributed by atoms with Gasteiger partial charge in [-0.05, 0) is 30.0 Å². The number of halogens is 3. The Morgan fingerprint density at radius 1 is 1.12 bits per heavy atom. The molecule has 0 unspecified atom stereocenters. The molecule has 0 radical (unpaired) electrons. The van der Waals surface area contributed by atoms with Gasteiger partial charge in [-0.3, -0.25) is 9.59 Å². The molecule has 1 aromatic carbocycles. The summed E-state index contributed by atoms with van der Waals surface area (Å²) in [5.41, 5.74) is -1.33. The number of carbonyl (C=O) groups is 2. The van der Waals surface area contributed by atoms with Crippen molar-refractivity contribution in [1.82, 2.24) is 0 Å². The third-order valence-corrected chi connectivity index (χ3v) is 3.96. The number of hydrogen-bond donors (Lipinski definition) is 1. The first kappa shape index (κ1) is 18.0. The van der Waals surface area contributed by atoms with Gasteiger partial charge in [0, 0.05) is 4.88 Å². The Balaban J connectivity index is 1.82. The van der Waals surface area contributed by atoms with Gasteiger partial charge in [0.15, 0.2) is 6.61 Å². The molecule has 1 amide bonds. The minimum Gasteiger partial charge on any atom is -0.456 e. The summed E-state index contributed by atoms with van der Waals surface area (Å²) in [4.78, 5) is 24.2. The van der Waals surface area contributed by atoms with Crippen molar-refractivity contribution < 1.29 is 27.5 Å². The third-order valence-electron chi connectivity index (χ3n) is 3.03. The molecule has 1 N–H and O–H groups in total. The maximum absolute atomic E-state index is 12.8. The van der Waals surface area contributed by atoms with Gasteiger partial charge >= 0.3 is 12.1 Å². The fourth-order valence-corrected chi connectivity index (χ4v) is 2.63. The van der Waals surface area contributed by atoms with E-state index < -0.39 is 30.2 Å². The number of hydrogen-bond acceptors (Lipinski definition) is 4. The minimum absolute atomic E-state index is 0.104. The van der Waals surface area contributed by atoms with Crippen LogP contribution in [-0.4, -0.2) is 18.5 Å². The number of anilines is 1. The van der Waals surface area contributed by atoms with E-state index in [0.717, 1.165) is 17.0 Å². The lowest BCUT2D eigenvalue weighted by Gasteiger charge is -2.13. The normalized spacial score (nSPS) is 11.1. The Kier molecular flexibility index (Phi) is 5.97. The van der Waals surface area contributed by atoms with Crippen molar-refractivity contribution in [1.29, 1.82) is 0 Å². The molecule has 0 spiro atoms. The number of carbonyl (C=O) groups excluding carboxylic acids is 2. The van der Waals surface area contributed by atoms with Crippen LogP contribution in [0.3, 0.4) is 0 Å². The minimum atomic E-state index is -4.58. The number of rotatable bonds is 6. The van der Waals surface area contributed by atoms with Gasteiger partial charge in [-0.2, -0.15) is 13.2 Å². The molecule has 1 heterocycles. The first-order valence-corrected chi connectivity index (χ1v) is 7.88. The maximum atomic E-state index is 12.8. The van der Waals surface area contributed by atoms with Crippen molar-refractivity contribution in [3.63, 3.8) is 0 Å². The SMILES string of the molecule is O=C(COC(=O)CCc1cccs1)Nc1ccccc1C(F)(F)F. The van der Waals surface area contributed by atoms with Crippen LogP contribution in [0.2, 0.25) is 0 Å². The Hall–Kier alpha value is -2.35. The molecule has 0 saturated heterocycles. The number of aryl methyl sites for hydroxylation is 1. The van der Waals surface area contributed by atoms with Crippen LogP contribution in [0.4, 0.5) is 18.9 Å². The van der Waals surface area contributed by atoms with Crippen LogP contribution in [0, 0.1) is 0 Å². The van der Waals surface area contributed by atoms with E-state index in [1.54, 1.807) is 0 Å². The monoisotopic (exact) mass is 357 g/mol. The molecule has 0 aliphatic rings. The molecule has 0 aliphatic carbocycles. The Labute approximate surface area is 140 Å². The van der Waals surface area contributed by atoms with Gasteiger partial charge in [-0.1, -0.05) is 18.2 Å². The summed E-state index contributed by atoms with van der Waals surface area (Å²) in [7, 11) is 0. The van der Waals surface area contributed by atoms with Gasteiger partial charge in [0.2, 0.25) is 0 Å². The number of nitrogens with one attached hydrogen (secondary N) is 1. The number of para-hydroxylation sites is 1. The predicted molar refractivity (Wildman–Crippen MR) is 83.7 cm³/mol. The molecule has 24 heavy (non-hydrogen) atoms. The molecule has 8 heteroatoms. The van der Waals surface area contributed by atoms with Crippen LogP contribution in [0.15, 0.2) is 41.8 Å². The fraction of sp³-hybridized carbons (Fsp3) is 0.250. The lowest BCUT2D eigenvalue weighted by molar-refractivity contribution is -0.147. The van der Waals surface area contributed by atoms with Crippen LogP contribution < -0.4 is 5.32 Å². The van der Waals surface area contributed by atoms with E-state index in [2.05, 4.69) is 5.32 Å². The standard InChI is InChI=1S/C16H14F3NO3S/c17-16(18,19)12-5-1-2-6-13(12)20-14(21)10-23-15(22)8-7-11-4-3-9-24-11/h1-6,9H,7-8,10H2,(H,20,21). The van der Waals surface area contributed by atoms with Crippen molar-refractivity contribution >= 4 is 28.9 Å². The Morgan fingerprint density at radius 3 is 2.54 bits per heavy atom. The highest BCUT2D eigenvalue weighted by Crippen LogP contribution is 2.34. The predicted octanol–water partition coefficient (Wildman–Crippen LogP) is 3.88. The largest absolute Gasteiger partial charge is 0.456 e. The summed E-state index contributed by atoms with van der Waals surface area (Å²) in [6, 6.07) is 8.33. The van der Waals surface area contributed by atoms with Gasteiger partial charge in [0.1, 0.15) is 0 Å². The van der Waals surface area contributed by atoms with E-state index >= 15 is 0 Å². The van der Waals surface area contributed by atoms with E-state index in [4.69, 9.17) is 4.74 Å². The molecule has 4 nitrogen and oxygen atoms in total. The molecule has 1 aromatic heterocycles. The van der Waals surface area contributed by atoms with Crippen molar-refractivity contribution in [3.8, 4) is 0 Å². The Bertz CT molecular complexity index is 699. The summed E-state index contributed by atoms with van der Waals surface area (Å²) in [5, 5.41) is 3.99. The zero-order valence-corrected chi connectivity index (χ0v) is 13.2. The van der Waals surface area contributed by atoms with Gasteiger partial charge in [-0.15, -0.1) is 11.3 Å². The summed E-state index contributed by atoms with van der Waals surface area (Å²) in [6.45, 7) is -0.629. The third kappa shape index (κ3) is 5.38. The van der Waals surface area contributed by atoms with Crippen LogP contribution in [0.1, 0.15) is 16.9 Å². The highest BCUT2D eigenvalue weighted by Gasteiger charge is 2.33. The summed E-state index contributed by atoms with van der Waals surface area (Å²) >= 11 is 1.50. The smallest absolute Gasteiger partial charge is 0.418 e. The highest BCUT2D eigenvalue weighted by atomic mass is 32.1. The van der Waals surface area contributed by atoms with Crippen LogP contribution in [-0.2, 0) is 26.9 Å².